The molecule has 0 aliphatic carbocycles. The first kappa shape index (κ1) is 16.9. The molecule has 25 heavy (non-hydrogen) atoms. The lowest BCUT2D eigenvalue weighted by molar-refractivity contribution is -0.147. The number of carbonyl (C=O) groups excluding carboxylic acids is 1. The predicted molar refractivity (Wildman–Crippen MR) is 90.3 cm³/mol. The molecule has 1 saturated heterocycles. The number of carbonyl (C=O) groups is 2. The summed E-state index contributed by atoms with van der Waals surface area (Å²) in [6.45, 7) is 2.40. The van der Waals surface area contributed by atoms with Crippen LogP contribution in [0.2, 0.25) is 0 Å². The Morgan fingerprint density at radius 3 is 2.56 bits per heavy atom. The molecule has 0 saturated carbocycles. The molecule has 0 bridgehead atoms. The normalized spacial score (nSPS) is 19.8. The van der Waals surface area contributed by atoms with Gasteiger partial charge in [-0.2, -0.15) is 5.10 Å². The van der Waals surface area contributed by atoms with E-state index < -0.39 is 11.4 Å². The van der Waals surface area contributed by atoms with E-state index in [2.05, 4.69) is 5.10 Å². The van der Waals surface area contributed by atoms with Crippen molar-refractivity contribution in [2.24, 2.45) is 5.41 Å². The van der Waals surface area contributed by atoms with Gasteiger partial charge in [-0.25, -0.2) is 4.68 Å². The van der Waals surface area contributed by atoms with Crippen LogP contribution in [0.5, 0.6) is 0 Å². The summed E-state index contributed by atoms with van der Waals surface area (Å²) in [4.78, 5) is 37.4. The number of aromatic nitrogens is 2. The van der Waals surface area contributed by atoms with Crippen molar-refractivity contribution in [2.45, 2.75) is 19.9 Å². The molecular formula is C18H19N3O4. The van der Waals surface area contributed by atoms with E-state index in [0.29, 0.717) is 13.0 Å². The van der Waals surface area contributed by atoms with Crippen molar-refractivity contribution in [1.82, 2.24) is 14.7 Å². The summed E-state index contributed by atoms with van der Waals surface area (Å²) in [6, 6.07) is 12.1. The van der Waals surface area contributed by atoms with E-state index in [1.807, 2.05) is 30.3 Å². The van der Waals surface area contributed by atoms with E-state index in [1.54, 1.807) is 6.92 Å². The number of nitrogens with zero attached hydrogens (tertiary/aromatic N) is 3. The molecule has 2 aromatic rings. The molecule has 1 amide bonds. The van der Waals surface area contributed by atoms with Crippen molar-refractivity contribution in [1.29, 1.82) is 0 Å². The minimum atomic E-state index is -0.936. The molecule has 1 fully saturated rings. The van der Waals surface area contributed by atoms with Gasteiger partial charge in [0.15, 0.2) is 0 Å². The van der Waals surface area contributed by atoms with E-state index in [-0.39, 0.29) is 30.2 Å². The second-order valence-corrected chi connectivity index (χ2v) is 6.54. The zero-order chi connectivity index (χ0) is 18.0. The van der Waals surface area contributed by atoms with Crippen molar-refractivity contribution >= 4 is 11.9 Å². The number of likely N-dealkylation sites (tertiary alicyclic amines) is 1. The van der Waals surface area contributed by atoms with Gasteiger partial charge in [-0.05, 0) is 25.0 Å². The van der Waals surface area contributed by atoms with Crippen LogP contribution in [0.1, 0.15) is 29.4 Å². The predicted octanol–water partition coefficient (Wildman–Crippen LogP) is 1.23. The third-order valence-corrected chi connectivity index (χ3v) is 4.54. The van der Waals surface area contributed by atoms with E-state index in [4.69, 9.17) is 0 Å². The monoisotopic (exact) mass is 341 g/mol. The van der Waals surface area contributed by atoms with Crippen LogP contribution < -0.4 is 5.56 Å². The Morgan fingerprint density at radius 1 is 1.20 bits per heavy atom. The Morgan fingerprint density at radius 2 is 1.92 bits per heavy atom. The molecule has 1 N–H and O–H groups in total. The number of benzene rings is 1. The molecule has 7 heteroatoms. The highest BCUT2D eigenvalue weighted by molar-refractivity contribution is 5.93. The standard InChI is InChI=1S/C18H19N3O4/c1-18(17(24)25)9-10-20(12-18)16(23)14-7-8-15(22)21(19-14)11-13-5-3-2-4-6-13/h2-8H,9-12H2,1H3,(H,24,25)/t18-/m0/s1. The summed E-state index contributed by atoms with van der Waals surface area (Å²) in [5.41, 5.74) is -0.183. The van der Waals surface area contributed by atoms with Crippen LogP contribution >= 0.6 is 0 Å². The number of hydrogen-bond acceptors (Lipinski definition) is 4. The molecule has 7 nitrogen and oxygen atoms in total. The fourth-order valence-electron chi connectivity index (χ4n) is 2.90. The highest BCUT2D eigenvalue weighted by Gasteiger charge is 2.42. The van der Waals surface area contributed by atoms with Crippen molar-refractivity contribution in [3.8, 4) is 0 Å². The largest absolute Gasteiger partial charge is 0.481 e. The van der Waals surface area contributed by atoms with Gasteiger partial charge in [-0.1, -0.05) is 30.3 Å². The van der Waals surface area contributed by atoms with Gasteiger partial charge in [0.05, 0.1) is 12.0 Å². The highest BCUT2D eigenvalue weighted by atomic mass is 16.4. The van der Waals surface area contributed by atoms with Crippen molar-refractivity contribution < 1.29 is 14.7 Å². The van der Waals surface area contributed by atoms with Crippen molar-refractivity contribution in [3.05, 3.63) is 64.1 Å². The molecule has 1 aliphatic heterocycles. The molecule has 1 atom stereocenters. The molecule has 1 aromatic heterocycles. The molecule has 2 heterocycles. The molecular weight excluding hydrogens is 322 g/mol. The first-order valence-electron chi connectivity index (χ1n) is 8.04. The van der Waals surface area contributed by atoms with E-state index >= 15 is 0 Å². The quantitative estimate of drug-likeness (QED) is 0.903. The Labute approximate surface area is 144 Å². The van der Waals surface area contributed by atoms with E-state index in [1.165, 1.54) is 21.7 Å². The van der Waals surface area contributed by atoms with Gasteiger partial charge in [0.25, 0.3) is 11.5 Å². The van der Waals surface area contributed by atoms with Gasteiger partial charge in [0.2, 0.25) is 0 Å². The number of rotatable bonds is 4. The van der Waals surface area contributed by atoms with Gasteiger partial charge in [0, 0.05) is 19.2 Å². The molecule has 0 radical (unpaired) electrons. The van der Waals surface area contributed by atoms with Gasteiger partial charge >= 0.3 is 5.97 Å². The maximum atomic E-state index is 12.6. The van der Waals surface area contributed by atoms with Crippen LogP contribution in [0.25, 0.3) is 0 Å². The highest BCUT2D eigenvalue weighted by Crippen LogP contribution is 2.30. The summed E-state index contributed by atoms with van der Waals surface area (Å²) in [6.07, 6.45) is 0.401. The number of aliphatic carboxylic acids is 1. The fourth-order valence-corrected chi connectivity index (χ4v) is 2.90. The fraction of sp³-hybridized carbons (Fsp3) is 0.333. The van der Waals surface area contributed by atoms with Gasteiger partial charge in [0.1, 0.15) is 5.69 Å². The molecule has 3 rings (SSSR count). The Bertz CT molecular complexity index is 862. The van der Waals surface area contributed by atoms with Crippen LogP contribution in [0.4, 0.5) is 0 Å². The molecule has 0 unspecified atom stereocenters. The summed E-state index contributed by atoms with van der Waals surface area (Å²) in [5.74, 6) is -1.27. The number of carboxylic acids is 1. The van der Waals surface area contributed by atoms with Crippen LogP contribution in [0.15, 0.2) is 47.3 Å². The number of carboxylic acid groups (broad SMARTS) is 1. The second kappa shape index (κ2) is 6.51. The maximum Gasteiger partial charge on any atom is 0.311 e. The zero-order valence-electron chi connectivity index (χ0n) is 13.9. The van der Waals surface area contributed by atoms with Crippen molar-refractivity contribution in [2.75, 3.05) is 13.1 Å². The Kier molecular flexibility index (Phi) is 4.39. The Balaban J connectivity index is 1.81. The van der Waals surface area contributed by atoms with Crippen LogP contribution in [-0.2, 0) is 11.3 Å². The van der Waals surface area contributed by atoms with E-state index in [0.717, 1.165) is 5.56 Å². The summed E-state index contributed by atoms with van der Waals surface area (Å²) >= 11 is 0. The number of amides is 1. The topological polar surface area (TPSA) is 92.5 Å². The lowest BCUT2D eigenvalue weighted by Gasteiger charge is -2.20. The lowest BCUT2D eigenvalue weighted by Crippen LogP contribution is -2.36. The lowest BCUT2D eigenvalue weighted by atomic mass is 9.90. The third-order valence-electron chi connectivity index (χ3n) is 4.54. The molecule has 0 spiro atoms. The van der Waals surface area contributed by atoms with Gasteiger partial charge in [-0.3, -0.25) is 14.4 Å². The van der Waals surface area contributed by atoms with Crippen LogP contribution in [-0.4, -0.2) is 44.8 Å². The van der Waals surface area contributed by atoms with Gasteiger partial charge in [-0.15, -0.1) is 0 Å². The van der Waals surface area contributed by atoms with Crippen LogP contribution in [0, 0.1) is 5.41 Å². The minimum absolute atomic E-state index is 0.140. The maximum absolute atomic E-state index is 12.6. The second-order valence-electron chi connectivity index (χ2n) is 6.54. The summed E-state index contributed by atoms with van der Waals surface area (Å²) in [5, 5.41) is 13.5. The molecule has 1 aromatic carbocycles. The van der Waals surface area contributed by atoms with Crippen LogP contribution in [0.3, 0.4) is 0 Å². The first-order chi connectivity index (χ1) is 11.9. The smallest absolute Gasteiger partial charge is 0.311 e. The summed E-state index contributed by atoms with van der Waals surface area (Å²) in [7, 11) is 0. The average Bonchev–Trinajstić information content (AvgIpc) is 3.01. The van der Waals surface area contributed by atoms with Gasteiger partial charge < -0.3 is 10.0 Å². The molecule has 1 aliphatic rings. The SMILES string of the molecule is C[C@]1(C(=O)O)CCN(C(=O)c2ccc(=O)n(Cc3ccccc3)n2)C1. The number of hydrogen-bond donors (Lipinski definition) is 1. The molecule has 130 valence electrons. The Hall–Kier alpha value is -2.96. The summed E-state index contributed by atoms with van der Waals surface area (Å²) < 4.78 is 1.25. The minimum Gasteiger partial charge on any atom is -0.481 e. The zero-order valence-corrected chi connectivity index (χ0v) is 13.9. The third kappa shape index (κ3) is 3.45. The first-order valence-corrected chi connectivity index (χ1v) is 8.04. The van der Waals surface area contributed by atoms with Crippen molar-refractivity contribution in [3.63, 3.8) is 0 Å². The average molecular weight is 341 g/mol. The van der Waals surface area contributed by atoms with E-state index in [9.17, 15) is 19.5 Å².